The molecule has 1 atom stereocenters. The highest BCUT2D eigenvalue weighted by Gasteiger charge is 2.39. The van der Waals surface area contributed by atoms with Crippen molar-refractivity contribution in [3.63, 3.8) is 0 Å². The largest absolute Gasteiger partial charge is 0.322 e. The minimum Gasteiger partial charge on any atom is -0.322 e. The van der Waals surface area contributed by atoms with Crippen molar-refractivity contribution in [2.24, 2.45) is 0 Å². The number of carbonyl (C=O) groups is 3. The van der Waals surface area contributed by atoms with Crippen LogP contribution in [0.25, 0.3) is 28.0 Å². The number of pyridine rings is 1. The van der Waals surface area contributed by atoms with Crippen LogP contribution in [0, 0.1) is 0 Å². The van der Waals surface area contributed by atoms with Crippen LogP contribution in [0.15, 0.2) is 60.8 Å². The molecule has 1 saturated heterocycles. The van der Waals surface area contributed by atoms with Gasteiger partial charge in [-0.25, -0.2) is 9.67 Å². The lowest BCUT2D eigenvalue weighted by atomic mass is 10.0. The molecule has 0 saturated carbocycles. The van der Waals surface area contributed by atoms with Crippen LogP contribution in [0.1, 0.15) is 28.8 Å². The zero-order valence-electron chi connectivity index (χ0n) is 17.4. The topological polar surface area (TPSA) is 110 Å². The van der Waals surface area contributed by atoms with Crippen LogP contribution in [0.3, 0.4) is 0 Å². The highest BCUT2D eigenvalue weighted by molar-refractivity contribution is 6.05. The Balaban J connectivity index is 1.27. The van der Waals surface area contributed by atoms with Crippen molar-refractivity contribution in [1.82, 2.24) is 30.2 Å². The van der Waals surface area contributed by atoms with E-state index in [-0.39, 0.29) is 18.2 Å². The van der Waals surface area contributed by atoms with Crippen LogP contribution in [0.2, 0.25) is 0 Å². The predicted molar refractivity (Wildman–Crippen MR) is 118 cm³/mol. The van der Waals surface area contributed by atoms with Crippen molar-refractivity contribution in [3.05, 3.63) is 71.9 Å². The number of amides is 3. The molecule has 2 aromatic carbocycles. The summed E-state index contributed by atoms with van der Waals surface area (Å²) in [4.78, 5) is 42.8. The third-order valence-corrected chi connectivity index (χ3v) is 6.13. The van der Waals surface area contributed by atoms with Crippen LogP contribution in [0.4, 0.5) is 0 Å². The smallest absolute Gasteiger partial charge is 0.255 e. The van der Waals surface area contributed by atoms with Crippen molar-refractivity contribution in [2.75, 3.05) is 0 Å². The minimum atomic E-state index is -0.636. The molecule has 33 heavy (non-hydrogen) atoms. The van der Waals surface area contributed by atoms with Gasteiger partial charge in [0, 0.05) is 23.9 Å². The lowest BCUT2D eigenvalue weighted by Crippen LogP contribution is -2.52. The number of nitrogens with zero attached hydrogens (tertiary/aromatic N) is 5. The van der Waals surface area contributed by atoms with Crippen molar-refractivity contribution in [3.8, 4) is 17.1 Å². The first kappa shape index (κ1) is 19.3. The molecular formula is C24H18N6O3. The molecule has 1 N–H and O–H groups in total. The van der Waals surface area contributed by atoms with Gasteiger partial charge in [0.2, 0.25) is 11.8 Å². The van der Waals surface area contributed by atoms with Crippen LogP contribution in [-0.2, 0) is 16.1 Å². The van der Waals surface area contributed by atoms with E-state index in [0.29, 0.717) is 24.2 Å². The molecule has 162 valence electrons. The van der Waals surface area contributed by atoms with E-state index in [1.165, 1.54) is 4.90 Å². The van der Waals surface area contributed by atoms with Gasteiger partial charge in [-0.2, -0.15) is 0 Å². The second kappa shape index (κ2) is 7.33. The number of hydrogen-bond donors (Lipinski definition) is 1. The van der Waals surface area contributed by atoms with E-state index in [2.05, 4.69) is 20.6 Å². The summed E-state index contributed by atoms with van der Waals surface area (Å²) in [6, 6.07) is 16.6. The quantitative estimate of drug-likeness (QED) is 0.491. The molecule has 9 heteroatoms. The fourth-order valence-electron chi connectivity index (χ4n) is 4.42. The number of fused-ring (bicyclic) bond motifs is 2. The number of aromatic nitrogens is 4. The first-order valence-corrected chi connectivity index (χ1v) is 10.6. The Kier molecular flexibility index (Phi) is 4.29. The van der Waals surface area contributed by atoms with E-state index in [9.17, 15) is 14.4 Å². The second-order valence-electron chi connectivity index (χ2n) is 8.18. The molecule has 4 aromatic rings. The Labute approximate surface area is 188 Å². The van der Waals surface area contributed by atoms with Gasteiger partial charge in [-0.3, -0.25) is 19.7 Å². The number of imide groups is 1. The summed E-state index contributed by atoms with van der Waals surface area (Å²) in [6.07, 6.45) is 2.36. The monoisotopic (exact) mass is 438 g/mol. The van der Waals surface area contributed by atoms with Gasteiger partial charge in [0.15, 0.2) is 0 Å². The maximum absolute atomic E-state index is 12.9. The average Bonchev–Trinajstić information content (AvgIpc) is 3.44. The Morgan fingerprint density at radius 2 is 1.85 bits per heavy atom. The second-order valence-corrected chi connectivity index (χ2v) is 8.18. The van der Waals surface area contributed by atoms with Crippen LogP contribution in [0.5, 0.6) is 0 Å². The highest BCUT2D eigenvalue weighted by atomic mass is 16.2. The van der Waals surface area contributed by atoms with Gasteiger partial charge in [-0.15, -0.1) is 5.10 Å². The Morgan fingerprint density at radius 3 is 2.73 bits per heavy atom. The molecule has 0 bridgehead atoms. The third kappa shape index (κ3) is 3.25. The van der Waals surface area contributed by atoms with Crippen molar-refractivity contribution < 1.29 is 14.4 Å². The summed E-state index contributed by atoms with van der Waals surface area (Å²) in [5.41, 5.74) is 4.37. The van der Waals surface area contributed by atoms with E-state index in [1.807, 2.05) is 42.5 Å². The Hall–Kier alpha value is -4.40. The van der Waals surface area contributed by atoms with Crippen molar-refractivity contribution >= 4 is 28.6 Å². The molecule has 1 fully saturated rings. The molecule has 1 unspecified atom stereocenters. The first-order valence-electron chi connectivity index (χ1n) is 10.6. The van der Waals surface area contributed by atoms with Gasteiger partial charge in [0.05, 0.1) is 23.1 Å². The van der Waals surface area contributed by atoms with Crippen LogP contribution < -0.4 is 5.32 Å². The number of rotatable bonds is 3. The number of hydrogen-bond acceptors (Lipinski definition) is 6. The number of piperidine rings is 1. The SMILES string of the molecule is O=C1CCC(N2Cc3cc(-n4cc(-c5ccc6ccccc6n5)nn4)ccc3C2=O)C(=O)N1. The maximum Gasteiger partial charge on any atom is 0.255 e. The molecule has 0 spiro atoms. The number of carbonyl (C=O) groups excluding carboxylic acids is 3. The van der Waals surface area contributed by atoms with Gasteiger partial charge in [0.25, 0.3) is 5.91 Å². The summed E-state index contributed by atoms with van der Waals surface area (Å²) in [5, 5.41) is 11.9. The lowest BCUT2D eigenvalue weighted by Gasteiger charge is -2.29. The highest BCUT2D eigenvalue weighted by Crippen LogP contribution is 2.29. The van der Waals surface area contributed by atoms with Gasteiger partial charge in [-0.05, 0) is 42.3 Å². The molecule has 2 aliphatic rings. The third-order valence-electron chi connectivity index (χ3n) is 6.13. The Bertz CT molecular complexity index is 1460. The van der Waals surface area contributed by atoms with Gasteiger partial charge in [-0.1, -0.05) is 29.5 Å². The minimum absolute atomic E-state index is 0.203. The summed E-state index contributed by atoms with van der Waals surface area (Å²) < 4.78 is 1.64. The maximum atomic E-state index is 12.9. The summed E-state index contributed by atoms with van der Waals surface area (Å²) in [5.74, 6) is -0.923. The zero-order valence-corrected chi connectivity index (χ0v) is 17.4. The van der Waals surface area contributed by atoms with E-state index < -0.39 is 11.9 Å². The molecule has 9 nitrogen and oxygen atoms in total. The van der Waals surface area contributed by atoms with Crippen LogP contribution in [-0.4, -0.2) is 48.6 Å². The standard InChI is InChI=1S/C24H18N6O3/c31-22-10-9-21(23(32)26-22)29-12-15-11-16(6-7-17(15)24(29)33)30-13-20(27-28-30)19-8-5-14-3-1-2-4-18(14)25-19/h1-8,11,13,21H,9-10,12H2,(H,26,31,32). The molecule has 6 rings (SSSR count). The fourth-order valence-corrected chi connectivity index (χ4v) is 4.42. The lowest BCUT2D eigenvalue weighted by molar-refractivity contribution is -0.136. The van der Waals surface area contributed by atoms with E-state index in [1.54, 1.807) is 23.0 Å². The van der Waals surface area contributed by atoms with E-state index in [0.717, 1.165) is 27.8 Å². The van der Waals surface area contributed by atoms with Crippen LogP contribution >= 0.6 is 0 Å². The Morgan fingerprint density at radius 1 is 0.970 bits per heavy atom. The normalized spacial score (nSPS) is 18.0. The molecule has 3 amide bonds. The summed E-state index contributed by atoms with van der Waals surface area (Å²) >= 11 is 0. The van der Waals surface area contributed by atoms with E-state index >= 15 is 0 Å². The number of nitrogens with one attached hydrogen (secondary N) is 1. The summed E-state index contributed by atoms with van der Waals surface area (Å²) in [7, 11) is 0. The fraction of sp³-hybridized carbons (Fsp3) is 0.167. The average molecular weight is 438 g/mol. The molecule has 4 heterocycles. The summed E-state index contributed by atoms with van der Waals surface area (Å²) in [6.45, 7) is 0.308. The van der Waals surface area contributed by atoms with Crippen molar-refractivity contribution in [1.29, 1.82) is 0 Å². The number of benzene rings is 2. The zero-order chi connectivity index (χ0) is 22.5. The van der Waals surface area contributed by atoms with Gasteiger partial charge >= 0.3 is 0 Å². The van der Waals surface area contributed by atoms with Gasteiger partial charge in [0.1, 0.15) is 11.7 Å². The molecular weight excluding hydrogens is 420 g/mol. The van der Waals surface area contributed by atoms with Gasteiger partial charge < -0.3 is 4.90 Å². The molecule has 2 aliphatic heterocycles. The first-order chi connectivity index (χ1) is 16.1. The molecule has 0 radical (unpaired) electrons. The predicted octanol–water partition coefficient (Wildman–Crippen LogP) is 2.24. The van der Waals surface area contributed by atoms with Crippen molar-refractivity contribution in [2.45, 2.75) is 25.4 Å². The van der Waals surface area contributed by atoms with E-state index in [4.69, 9.17) is 0 Å². The molecule has 0 aliphatic carbocycles. The molecule has 2 aromatic heterocycles. The number of para-hydroxylation sites is 1.